The first-order chi connectivity index (χ1) is 12.9. The Morgan fingerprint density at radius 1 is 1.00 bits per heavy atom. The molecule has 0 aliphatic heterocycles. The highest BCUT2D eigenvalue weighted by Gasteiger charge is 2.40. The molecule has 1 fully saturated rings. The van der Waals surface area contributed by atoms with Crippen molar-refractivity contribution in [1.82, 2.24) is 10.6 Å². The fraction of sp³-hybridized carbons (Fsp3) is 0.909. The monoisotopic (exact) mass is 398 g/mol. The summed E-state index contributed by atoms with van der Waals surface area (Å²) in [6.45, 7) is 15.8. The highest BCUT2D eigenvalue weighted by molar-refractivity contribution is 5.73. The van der Waals surface area contributed by atoms with Crippen LogP contribution in [0.3, 0.4) is 0 Å². The minimum atomic E-state index is -0.463. The predicted octanol–water partition coefficient (Wildman–Crippen LogP) is 4.28. The van der Waals surface area contributed by atoms with Gasteiger partial charge in [0.05, 0.1) is 12.5 Å². The van der Waals surface area contributed by atoms with E-state index >= 15 is 0 Å². The Hall–Kier alpha value is -1.30. The molecule has 0 aromatic heterocycles. The fourth-order valence-corrected chi connectivity index (χ4v) is 4.04. The van der Waals surface area contributed by atoms with Crippen molar-refractivity contribution in [2.24, 2.45) is 17.3 Å². The number of ether oxygens (including phenoxy) is 2. The molecule has 0 spiro atoms. The quantitative estimate of drug-likeness (QED) is 0.471. The van der Waals surface area contributed by atoms with Crippen LogP contribution in [0, 0.1) is 17.3 Å². The number of alkyl carbamates (subject to hydrolysis) is 1. The first-order valence-electron chi connectivity index (χ1n) is 10.8. The van der Waals surface area contributed by atoms with Crippen LogP contribution in [0.15, 0.2) is 0 Å². The molecule has 0 saturated heterocycles. The van der Waals surface area contributed by atoms with Crippen molar-refractivity contribution in [2.75, 3.05) is 19.7 Å². The van der Waals surface area contributed by atoms with Crippen LogP contribution in [0.5, 0.6) is 0 Å². The zero-order valence-electron chi connectivity index (χ0n) is 19.0. The molecule has 0 radical (unpaired) electrons. The van der Waals surface area contributed by atoms with Gasteiger partial charge in [0.25, 0.3) is 0 Å². The first kappa shape index (κ1) is 24.7. The van der Waals surface area contributed by atoms with E-state index in [1.54, 1.807) is 0 Å². The van der Waals surface area contributed by atoms with Crippen LogP contribution in [0.2, 0.25) is 0 Å². The largest absolute Gasteiger partial charge is 0.466 e. The number of hydrogen-bond acceptors (Lipinski definition) is 5. The molecule has 1 saturated carbocycles. The second-order valence-electron chi connectivity index (χ2n) is 9.94. The maximum Gasteiger partial charge on any atom is 0.407 e. The second kappa shape index (κ2) is 11.0. The second-order valence-corrected chi connectivity index (χ2v) is 9.94. The van der Waals surface area contributed by atoms with Gasteiger partial charge in [-0.25, -0.2) is 4.79 Å². The standard InChI is InChI=1S/C22H42N2O4/c1-8-27-19(25)18(21(2,3)4)16-10-12-17(13-11-16)23-14-9-15-24-20(26)28-22(5,6)7/h16-18,23H,8-15H2,1-7H3,(H,24,26). The zero-order chi connectivity index (χ0) is 21.4. The van der Waals surface area contributed by atoms with Gasteiger partial charge in [0.1, 0.15) is 5.60 Å². The molecule has 1 atom stereocenters. The molecule has 1 rings (SSSR count). The van der Waals surface area contributed by atoms with E-state index < -0.39 is 5.60 Å². The summed E-state index contributed by atoms with van der Waals surface area (Å²) in [5, 5.41) is 6.38. The highest BCUT2D eigenvalue weighted by atomic mass is 16.6. The van der Waals surface area contributed by atoms with Gasteiger partial charge in [-0.3, -0.25) is 4.79 Å². The summed E-state index contributed by atoms with van der Waals surface area (Å²) in [7, 11) is 0. The van der Waals surface area contributed by atoms with E-state index in [1.807, 2.05) is 27.7 Å². The molecule has 1 amide bonds. The van der Waals surface area contributed by atoms with E-state index in [2.05, 4.69) is 31.4 Å². The number of rotatable bonds is 8. The van der Waals surface area contributed by atoms with E-state index in [-0.39, 0.29) is 23.4 Å². The Balaban J connectivity index is 2.30. The third-order valence-electron chi connectivity index (χ3n) is 5.17. The van der Waals surface area contributed by atoms with Gasteiger partial charge in [-0.2, -0.15) is 0 Å². The molecular formula is C22H42N2O4. The smallest absolute Gasteiger partial charge is 0.407 e. The summed E-state index contributed by atoms with van der Waals surface area (Å²) in [5.41, 5.74) is -0.542. The SMILES string of the molecule is CCOC(=O)C(C1CCC(NCCCNC(=O)OC(C)(C)C)CC1)C(C)(C)C. The van der Waals surface area contributed by atoms with Crippen LogP contribution in [0.1, 0.15) is 80.6 Å². The molecule has 6 heteroatoms. The lowest BCUT2D eigenvalue weighted by Crippen LogP contribution is -2.41. The number of esters is 1. The van der Waals surface area contributed by atoms with Crippen molar-refractivity contribution in [1.29, 1.82) is 0 Å². The minimum absolute atomic E-state index is 0.0357. The number of nitrogens with one attached hydrogen (secondary N) is 2. The summed E-state index contributed by atoms with van der Waals surface area (Å²) < 4.78 is 10.6. The summed E-state index contributed by atoms with van der Waals surface area (Å²) in [5.74, 6) is 0.317. The van der Waals surface area contributed by atoms with Gasteiger partial charge in [0.2, 0.25) is 0 Å². The Kier molecular flexibility index (Phi) is 9.75. The first-order valence-corrected chi connectivity index (χ1v) is 10.8. The van der Waals surface area contributed by atoms with Gasteiger partial charge in [0, 0.05) is 12.6 Å². The molecular weight excluding hydrogens is 356 g/mol. The minimum Gasteiger partial charge on any atom is -0.466 e. The van der Waals surface area contributed by atoms with Crippen molar-refractivity contribution in [3.05, 3.63) is 0 Å². The Labute approximate surface area is 171 Å². The summed E-state index contributed by atoms with van der Waals surface area (Å²) in [6.07, 6.45) is 4.77. The molecule has 0 aromatic rings. The van der Waals surface area contributed by atoms with Crippen LogP contribution in [-0.2, 0) is 14.3 Å². The molecule has 6 nitrogen and oxygen atoms in total. The zero-order valence-corrected chi connectivity index (χ0v) is 19.0. The average molecular weight is 399 g/mol. The molecule has 0 aromatic carbocycles. The summed E-state index contributed by atoms with van der Waals surface area (Å²) in [6, 6.07) is 0.487. The van der Waals surface area contributed by atoms with Crippen LogP contribution >= 0.6 is 0 Å². The topological polar surface area (TPSA) is 76.7 Å². The third-order valence-corrected chi connectivity index (χ3v) is 5.17. The van der Waals surface area contributed by atoms with E-state index in [0.29, 0.717) is 25.1 Å². The lowest BCUT2D eigenvalue weighted by molar-refractivity contribution is -0.155. The van der Waals surface area contributed by atoms with Crippen LogP contribution in [0.4, 0.5) is 4.79 Å². The summed E-state index contributed by atoms with van der Waals surface area (Å²) >= 11 is 0. The number of carbonyl (C=O) groups excluding carboxylic acids is 2. The van der Waals surface area contributed by atoms with Crippen LogP contribution in [0.25, 0.3) is 0 Å². The van der Waals surface area contributed by atoms with Gasteiger partial charge in [-0.15, -0.1) is 0 Å². The Bertz CT molecular complexity index is 486. The number of hydrogen-bond donors (Lipinski definition) is 2. The summed E-state index contributed by atoms with van der Waals surface area (Å²) in [4.78, 5) is 24.1. The van der Waals surface area contributed by atoms with Crippen LogP contribution < -0.4 is 10.6 Å². The van der Waals surface area contributed by atoms with Crippen molar-refractivity contribution in [3.63, 3.8) is 0 Å². The Morgan fingerprint density at radius 3 is 2.11 bits per heavy atom. The molecule has 1 aliphatic rings. The van der Waals surface area contributed by atoms with Gasteiger partial charge >= 0.3 is 12.1 Å². The normalized spacial score (nSPS) is 21.7. The van der Waals surface area contributed by atoms with Crippen molar-refractivity contribution in [3.8, 4) is 0 Å². The molecule has 1 unspecified atom stereocenters. The Morgan fingerprint density at radius 2 is 1.61 bits per heavy atom. The van der Waals surface area contributed by atoms with Gasteiger partial charge in [-0.05, 0) is 77.7 Å². The van der Waals surface area contributed by atoms with Crippen molar-refractivity contribution < 1.29 is 19.1 Å². The number of amides is 1. The maximum atomic E-state index is 12.5. The lowest BCUT2D eigenvalue weighted by Gasteiger charge is -2.39. The molecule has 164 valence electrons. The van der Waals surface area contributed by atoms with E-state index in [4.69, 9.17) is 9.47 Å². The third kappa shape index (κ3) is 9.26. The molecule has 1 aliphatic carbocycles. The number of carbonyl (C=O) groups is 2. The van der Waals surface area contributed by atoms with Gasteiger partial charge in [-0.1, -0.05) is 20.8 Å². The van der Waals surface area contributed by atoms with Crippen molar-refractivity contribution in [2.45, 2.75) is 92.2 Å². The van der Waals surface area contributed by atoms with Crippen molar-refractivity contribution >= 4 is 12.1 Å². The molecule has 0 bridgehead atoms. The maximum absolute atomic E-state index is 12.5. The lowest BCUT2D eigenvalue weighted by atomic mass is 9.67. The van der Waals surface area contributed by atoms with E-state index in [0.717, 1.165) is 38.6 Å². The molecule has 2 N–H and O–H groups in total. The van der Waals surface area contributed by atoms with E-state index in [1.165, 1.54) is 0 Å². The van der Waals surface area contributed by atoms with E-state index in [9.17, 15) is 9.59 Å². The van der Waals surface area contributed by atoms with Crippen LogP contribution in [-0.4, -0.2) is 43.4 Å². The average Bonchev–Trinajstić information content (AvgIpc) is 2.53. The highest BCUT2D eigenvalue weighted by Crippen LogP contribution is 2.40. The molecule has 28 heavy (non-hydrogen) atoms. The van der Waals surface area contributed by atoms with Gasteiger partial charge in [0.15, 0.2) is 0 Å². The fourth-order valence-electron chi connectivity index (χ4n) is 4.04. The van der Waals surface area contributed by atoms with Gasteiger partial charge < -0.3 is 20.1 Å². The molecule has 0 heterocycles. The predicted molar refractivity (Wildman–Crippen MR) is 112 cm³/mol.